The predicted molar refractivity (Wildman–Crippen MR) is 50.2 cm³/mol. The van der Waals surface area contributed by atoms with Crippen LogP contribution in [0.2, 0.25) is 0 Å². The van der Waals surface area contributed by atoms with Crippen molar-refractivity contribution in [3.05, 3.63) is 0 Å². The molecule has 86 valence electrons. The summed E-state index contributed by atoms with van der Waals surface area (Å²) in [6.07, 6.45) is 0.365. The number of carboxylic acids is 1. The Kier molecular flexibility index (Phi) is 2.48. The molecule has 1 spiro atoms. The van der Waals surface area contributed by atoms with Gasteiger partial charge in [-0.1, -0.05) is 0 Å². The molecule has 1 aliphatic carbocycles. The predicted octanol–water partition coefficient (Wildman–Crippen LogP) is 0.365. The normalized spacial score (nSPS) is 39.5. The quantitative estimate of drug-likeness (QED) is 0.662. The molecule has 1 heterocycles. The topological polar surface area (TPSA) is 76.0 Å². The summed E-state index contributed by atoms with van der Waals surface area (Å²) in [6.45, 7) is 2.56. The number of ether oxygens (including phenoxy) is 2. The third-order valence-corrected chi connectivity index (χ3v) is 3.47. The van der Waals surface area contributed by atoms with Crippen LogP contribution in [0, 0.1) is 5.41 Å². The first kappa shape index (κ1) is 10.9. The Morgan fingerprint density at radius 3 is 2.53 bits per heavy atom. The van der Waals surface area contributed by atoms with Crippen molar-refractivity contribution in [2.24, 2.45) is 5.41 Å². The second-order valence-corrected chi connectivity index (χ2v) is 4.56. The Bertz CT molecular complexity index is 271. The van der Waals surface area contributed by atoms with E-state index in [0.717, 1.165) is 0 Å². The van der Waals surface area contributed by atoms with Gasteiger partial charge in [0.15, 0.2) is 5.79 Å². The summed E-state index contributed by atoms with van der Waals surface area (Å²) in [4.78, 5) is 11.2. The Morgan fingerprint density at radius 2 is 2.00 bits per heavy atom. The van der Waals surface area contributed by atoms with Gasteiger partial charge in [-0.3, -0.25) is 4.79 Å². The molecule has 0 amide bonds. The van der Waals surface area contributed by atoms with Gasteiger partial charge in [-0.05, 0) is 13.3 Å². The van der Waals surface area contributed by atoms with E-state index in [0.29, 0.717) is 26.1 Å². The Labute approximate surface area is 88.0 Å². The molecule has 2 atom stereocenters. The van der Waals surface area contributed by atoms with Crippen molar-refractivity contribution in [1.82, 2.24) is 0 Å². The molecule has 2 fully saturated rings. The zero-order chi connectivity index (χ0) is 11.1. The van der Waals surface area contributed by atoms with Crippen molar-refractivity contribution in [2.75, 3.05) is 13.2 Å². The molecule has 0 unspecified atom stereocenters. The molecule has 1 saturated carbocycles. The number of aliphatic carboxylic acids is 1. The van der Waals surface area contributed by atoms with E-state index < -0.39 is 23.3 Å². The van der Waals surface area contributed by atoms with Gasteiger partial charge in [0.25, 0.3) is 0 Å². The number of hydrogen-bond donors (Lipinski definition) is 2. The van der Waals surface area contributed by atoms with Crippen LogP contribution in [-0.2, 0) is 14.3 Å². The maximum Gasteiger partial charge on any atom is 0.312 e. The highest BCUT2D eigenvalue weighted by Crippen LogP contribution is 2.45. The zero-order valence-corrected chi connectivity index (χ0v) is 8.73. The first-order valence-electron chi connectivity index (χ1n) is 5.18. The summed E-state index contributed by atoms with van der Waals surface area (Å²) in [6, 6.07) is 0. The lowest BCUT2D eigenvalue weighted by molar-refractivity contribution is -0.225. The molecule has 1 aliphatic heterocycles. The molecule has 0 bridgehead atoms. The number of aliphatic hydroxyl groups is 1. The maximum absolute atomic E-state index is 11.2. The largest absolute Gasteiger partial charge is 0.481 e. The molecule has 0 radical (unpaired) electrons. The fourth-order valence-electron chi connectivity index (χ4n) is 2.40. The van der Waals surface area contributed by atoms with E-state index in [2.05, 4.69) is 0 Å². The standard InChI is InChI=1S/C10H16O5/c1-9(8(12)13)6-10(3-2-7(9)11)14-4-5-15-10/h7,11H,2-6H2,1H3,(H,12,13)/t7-,9+/m1/s1. The van der Waals surface area contributed by atoms with E-state index in [4.69, 9.17) is 14.6 Å². The molecular weight excluding hydrogens is 200 g/mol. The van der Waals surface area contributed by atoms with Crippen LogP contribution in [0.1, 0.15) is 26.2 Å². The summed E-state index contributed by atoms with van der Waals surface area (Å²) in [5, 5.41) is 18.9. The fraction of sp³-hybridized carbons (Fsp3) is 0.900. The lowest BCUT2D eigenvalue weighted by atomic mass is 9.70. The summed E-state index contributed by atoms with van der Waals surface area (Å²) in [5.74, 6) is -1.76. The molecule has 2 N–H and O–H groups in total. The highest BCUT2D eigenvalue weighted by Gasteiger charge is 2.54. The summed E-state index contributed by atoms with van der Waals surface area (Å²) in [5.41, 5.74) is -1.16. The lowest BCUT2D eigenvalue weighted by Crippen LogP contribution is -2.52. The first-order valence-corrected chi connectivity index (χ1v) is 5.18. The van der Waals surface area contributed by atoms with Gasteiger partial charge in [-0.15, -0.1) is 0 Å². The van der Waals surface area contributed by atoms with Crippen LogP contribution in [0.5, 0.6) is 0 Å². The van der Waals surface area contributed by atoms with Crippen LogP contribution in [0.15, 0.2) is 0 Å². The van der Waals surface area contributed by atoms with Crippen molar-refractivity contribution >= 4 is 5.97 Å². The second-order valence-electron chi connectivity index (χ2n) is 4.56. The highest BCUT2D eigenvalue weighted by molar-refractivity contribution is 5.75. The van der Waals surface area contributed by atoms with Crippen LogP contribution in [0.4, 0.5) is 0 Å². The monoisotopic (exact) mass is 216 g/mol. The van der Waals surface area contributed by atoms with E-state index >= 15 is 0 Å². The van der Waals surface area contributed by atoms with Crippen LogP contribution >= 0.6 is 0 Å². The molecule has 0 aromatic rings. The molecule has 0 aromatic carbocycles. The molecule has 5 heteroatoms. The van der Waals surface area contributed by atoms with Crippen molar-refractivity contribution in [3.63, 3.8) is 0 Å². The van der Waals surface area contributed by atoms with Gasteiger partial charge in [-0.2, -0.15) is 0 Å². The third kappa shape index (κ3) is 1.64. The van der Waals surface area contributed by atoms with Gasteiger partial charge in [0.2, 0.25) is 0 Å². The summed E-state index contributed by atoms with van der Waals surface area (Å²) >= 11 is 0. The number of hydrogen-bond acceptors (Lipinski definition) is 4. The third-order valence-electron chi connectivity index (χ3n) is 3.47. The van der Waals surface area contributed by atoms with Crippen molar-refractivity contribution in [1.29, 1.82) is 0 Å². The van der Waals surface area contributed by atoms with Crippen LogP contribution in [0.3, 0.4) is 0 Å². The van der Waals surface area contributed by atoms with Crippen LogP contribution in [-0.4, -0.2) is 41.3 Å². The molecule has 5 nitrogen and oxygen atoms in total. The number of aliphatic hydroxyl groups excluding tert-OH is 1. The Morgan fingerprint density at radius 1 is 1.40 bits per heavy atom. The smallest absolute Gasteiger partial charge is 0.312 e. The van der Waals surface area contributed by atoms with Gasteiger partial charge in [0.05, 0.1) is 24.7 Å². The van der Waals surface area contributed by atoms with Crippen molar-refractivity contribution in [2.45, 2.75) is 38.1 Å². The van der Waals surface area contributed by atoms with Crippen molar-refractivity contribution in [3.8, 4) is 0 Å². The van der Waals surface area contributed by atoms with Gasteiger partial charge < -0.3 is 19.7 Å². The first-order chi connectivity index (χ1) is 6.99. The van der Waals surface area contributed by atoms with Gasteiger partial charge in [0, 0.05) is 12.8 Å². The minimum Gasteiger partial charge on any atom is -0.481 e. The lowest BCUT2D eigenvalue weighted by Gasteiger charge is -2.43. The number of carboxylic acid groups (broad SMARTS) is 1. The van der Waals surface area contributed by atoms with Gasteiger partial charge >= 0.3 is 5.97 Å². The molecule has 1 saturated heterocycles. The van der Waals surface area contributed by atoms with E-state index in [1.807, 2.05) is 0 Å². The van der Waals surface area contributed by atoms with Crippen LogP contribution < -0.4 is 0 Å². The molecule has 2 rings (SSSR count). The molecule has 15 heavy (non-hydrogen) atoms. The fourth-order valence-corrected chi connectivity index (χ4v) is 2.40. The number of carbonyl (C=O) groups is 1. The average Bonchev–Trinajstić information content (AvgIpc) is 2.61. The minimum absolute atomic E-state index is 0.219. The van der Waals surface area contributed by atoms with Crippen LogP contribution in [0.25, 0.3) is 0 Å². The van der Waals surface area contributed by atoms with Gasteiger partial charge in [0.1, 0.15) is 0 Å². The van der Waals surface area contributed by atoms with Gasteiger partial charge in [-0.25, -0.2) is 0 Å². The summed E-state index contributed by atoms with van der Waals surface area (Å²) in [7, 11) is 0. The number of rotatable bonds is 1. The second kappa shape index (κ2) is 3.43. The highest BCUT2D eigenvalue weighted by atomic mass is 16.7. The van der Waals surface area contributed by atoms with Crippen molar-refractivity contribution < 1.29 is 24.5 Å². The molecule has 0 aromatic heterocycles. The summed E-state index contributed by atoms with van der Waals surface area (Å²) < 4.78 is 11.0. The molecular formula is C10H16O5. The van der Waals surface area contributed by atoms with E-state index in [9.17, 15) is 9.90 Å². The maximum atomic E-state index is 11.2. The minimum atomic E-state index is -1.16. The SMILES string of the molecule is C[C@]1(C(=O)O)CC2(CC[C@H]1O)OCCO2. The van der Waals surface area contributed by atoms with E-state index in [1.54, 1.807) is 6.92 Å². The molecule has 2 aliphatic rings. The Hall–Kier alpha value is -0.650. The van der Waals surface area contributed by atoms with E-state index in [1.165, 1.54) is 0 Å². The Balaban J connectivity index is 2.20. The zero-order valence-electron chi connectivity index (χ0n) is 8.73. The average molecular weight is 216 g/mol. The van der Waals surface area contributed by atoms with E-state index in [-0.39, 0.29) is 6.42 Å².